The van der Waals surface area contributed by atoms with Crippen LogP contribution in [-0.4, -0.2) is 29.3 Å². The summed E-state index contributed by atoms with van der Waals surface area (Å²) in [6, 6.07) is 25.6. The minimum atomic E-state index is -0.202. The minimum absolute atomic E-state index is 0.00123. The Bertz CT molecular complexity index is 1300. The molecule has 0 spiro atoms. The van der Waals surface area contributed by atoms with Crippen molar-refractivity contribution >= 4 is 29.1 Å². The van der Waals surface area contributed by atoms with Gasteiger partial charge in [-0.25, -0.2) is 0 Å². The molecule has 0 bridgehead atoms. The third-order valence-electron chi connectivity index (χ3n) is 8.39. The van der Waals surface area contributed by atoms with Gasteiger partial charge in [0.15, 0.2) is 0 Å². The standard InChI is InChI=1S/C31H32ClN3O2/c32-22-12-8-11-21(19-22)28-25-17-18-35(29(25)23-13-4-6-15-26(23)33-28)31(37)24-14-5-7-16-27(24)34-30(36)20-9-2-1-3-10-20/h1-4,6,8-13,15,19,24-25,27-29,33H,5,7,14,16-18H2,(H,34,36)/t24-,25-,27?,28+,29+/m0/s1. The van der Waals surface area contributed by atoms with Crippen molar-refractivity contribution in [1.29, 1.82) is 0 Å². The highest BCUT2D eigenvalue weighted by atomic mass is 35.5. The smallest absolute Gasteiger partial charge is 0.251 e. The second kappa shape index (κ2) is 10.2. The molecule has 1 saturated carbocycles. The predicted molar refractivity (Wildman–Crippen MR) is 146 cm³/mol. The fourth-order valence-electron chi connectivity index (χ4n) is 6.66. The van der Waals surface area contributed by atoms with Crippen LogP contribution >= 0.6 is 11.6 Å². The fourth-order valence-corrected chi connectivity index (χ4v) is 6.85. The lowest BCUT2D eigenvalue weighted by Gasteiger charge is -2.42. The molecule has 2 N–H and O–H groups in total. The Kier molecular flexibility index (Phi) is 6.64. The first-order valence-corrected chi connectivity index (χ1v) is 13.8. The molecule has 2 aliphatic heterocycles. The molecule has 6 heteroatoms. The molecule has 5 atom stereocenters. The van der Waals surface area contributed by atoms with Gasteiger partial charge in [0.1, 0.15) is 0 Å². The van der Waals surface area contributed by atoms with E-state index in [1.165, 1.54) is 5.56 Å². The van der Waals surface area contributed by atoms with Crippen LogP contribution in [0, 0.1) is 11.8 Å². The van der Waals surface area contributed by atoms with E-state index in [0.717, 1.165) is 54.9 Å². The Morgan fingerprint density at radius 1 is 0.892 bits per heavy atom. The zero-order valence-corrected chi connectivity index (χ0v) is 21.5. The predicted octanol–water partition coefficient (Wildman–Crippen LogP) is 6.39. The third kappa shape index (κ3) is 4.61. The maximum absolute atomic E-state index is 14.2. The summed E-state index contributed by atoms with van der Waals surface area (Å²) in [5, 5.41) is 7.68. The van der Waals surface area contributed by atoms with Crippen LogP contribution < -0.4 is 10.6 Å². The normalized spacial score (nSPS) is 26.5. The highest BCUT2D eigenvalue weighted by Gasteiger charge is 2.48. The van der Waals surface area contributed by atoms with Crippen molar-refractivity contribution in [2.24, 2.45) is 11.8 Å². The molecule has 190 valence electrons. The van der Waals surface area contributed by atoms with E-state index in [1.807, 2.05) is 54.6 Å². The minimum Gasteiger partial charge on any atom is -0.378 e. The molecule has 1 aliphatic carbocycles. The van der Waals surface area contributed by atoms with Gasteiger partial charge in [-0.05, 0) is 60.7 Å². The van der Waals surface area contributed by atoms with Gasteiger partial charge in [-0.1, -0.05) is 73.0 Å². The molecule has 5 nitrogen and oxygen atoms in total. The van der Waals surface area contributed by atoms with Gasteiger partial charge in [0.2, 0.25) is 5.91 Å². The number of carbonyl (C=O) groups is 2. The first-order valence-electron chi connectivity index (χ1n) is 13.4. The summed E-state index contributed by atoms with van der Waals surface area (Å²) < 4.78 is 0. The number of para-hydroxylation sites is 1. The third-order valence-corrected chi connectivity index (χ3v) is 8.62. The number of fused-ring (bicyclic) bond motifs is 3. The van der Waals surface area contributed by atoms with Gasteiger partial charge in [-0.3, -0.25) is 9.59 Å². The number of nitrogens with one attached hydrogen (secondary N) is 2. The number of amides is 2. The SMILES string of the molecule is O=C(NC1CCCC[C@@H]1C(=O)N1CC[C@H]2[C@@H](c3cccc(Cl)c3)Nc3ccccc3[C@H]21)c1ccccc1. The number of anilines is 1. The van der Waals surface area contributed by atoms with Crippen molar-refractivity contribution in [2.45, 2.75) is 50.2 Å². The van der Waals surface area contributed by atoms with Crippen LogP contribution in [0.1, 0.15) is 65.7 Å². The van der Waals surface area contributed by atoms with E-state index in [0.29, 0.717) is 5.56 Å². The molecule has 0 aromatic heterocycles. The number of halogens is 1. The zero-order valence-electron chi connectivity index (χ0n) is 20.8. The Morgan fingerprint density at radius 3 is 2.51 bits per heavy atom. The van der Waals surface area contributed by atoms with Gasteiger partial charge in [-0.15, -0.1) is 0 Å². The van der Waals surface area contributed by atoms with E-state index < -0.39 is 0 Å². The molecule has 3 aromatic carbocycles. The van der Waals surface area contributed by atoms with Gasteiger partial charge in [0, 0.05) is 34.8 Å². The van der Waals surface area contributed by atoms with Gasteiger partial charge in [-0.2, -0.15) is 0 Å². The maximum atomic E-state index is 14.2. The molecule has 37 heavy (non-hydrogen) atoms. The van der Waals surface area contributed by atoms with Crippen LogP contribution in [0.15, 0.2) is 78.9 Å². The molecule has 3 aromatic rings. The number of likely N-dealkylation sites (tertiary alicyclic amines) is 1. The van der Waals surface area contributed by atoms with Crippen LogP contribution in [0.5, 0.6) is 0 Å². The molecular weight excluding hydrogens is 482 g/mol. The zero-order chi connectivity index (χ0) is 25.4. The van der Waals surface area contributed by atoms with Crippen molar-refractivity contribution < 1.29 is 9.59 Å². The number of hydrogen-bond acceptors (Lipinski definition) is 3. The second-order valence-corrected chi connectivity index (χ2v) is 11.0. The van der Waals surface area contributed by atoms with Gasteiger partial charge in [0.05, 0.1) is 18.0 Å². The van der Waals surface area contributed by atoms with Crippen LogP contribution in [0.25, 0.3) is 0 Å². The first-order chi connectivity index (χ1) is 18.1. The molecule has 6 rings (SSSR count). The molecule has 2 fully saturated rings. The molecule has 0 radical (unpaired) electrons. The van der Waals surface area contributed by atoms with E-state index in [9.17, 15) is 9.59 Å². The van der Waals surface area contributed by atoms with E-state index >= 15 is 0 Å². The van der Waals surface area contributed by atoms with E-state index in [1.54, 1.807) is 0 Å². The van der Waals surface area contributed by atoms with Gasteiger partial charge >= 0.3 is 0 Å². The van der Waals surface area contributed by atoms with Crippen LogP contribution in [0.3, 0.4) is 0 Å². The summed E-state index contributed by atoms with van der Waals surface area (Å²) in [5.74, 6) is 0.120. The highest BCUT2D eigenvalue weighted by Crippen LogP contribution is 2.52. The van der Waals surface area contributed by atoms with E-state index in [2.05, 4.69) is 39.8 Å². The second-order valence-electron chi connectivity index (χ2n) is 10.5. The number of nitrogens with zero attached hydrogens (tertiary/aromatic N) is 1. The van der Waals surface area contributed by atoms with Crippen molar-refractivity contribution in [2.75, 3.05) is 11.9 Å². The Morgan fingerprint density at radius 2 is 1.68 bits per heavy atom. The number of hydrogen-bond donors (Lipinski definition) is 2. The summed E-state index contributed by atoms with van der Waals surface area (Å²) >= 11 is 6.36. The number of rotatable bonds is 4. The van der Waals surface area contributed by atoms with Gasteiger partial charge in [0.25, 0.3) is 5.91 Å². The summed E-state index contributed by atoms with van der Waals surface area (Å²) in [6.45, 7) is 0.719. The number of carbonyl (C=O) groups excluding carboxylic acids is 2. The Labute approximate surface area is 223 Å². The van der Waals surface area contributed by atoms with Crippen molar-refractivity contribution in [3.8, 4) is 0 Å². The molecule has 1 unspecified atom stereocenters. The summed E-state index contributed by atoms with van der Waals surface area (Å²) in [5.41, 5.74) is 4.04. The summed E-state index contributed by atoms with van der Waals surface area (Å²) in [7, 11) is 0. The monoisotopic (exact) mass is 513 g/mol. The topological polar surface area (TPSA) is 61.4 Å². The Hall–Kier alpha value is -3.31. The number of benzene rings is 3. The lowest BCUT2D eigenvalue weighted by Crippen LogP contribution is -2.50. The quantitative estimate of drug-likeness (QED) is 0.425. The summed E-state index contributed by atoms with van der Waals surface area (Å²) in [4.78, 5) is 29.3. The van der Waals surface area contributed by atoms with E-state index in [-0.39, 0.29) is 41.8 Å². The molecule has 1 saturated heterocycles. The average Bonchev–Trinajstić information content (AvgIpc) is 3.39. The maximum Gasteiger partial charge on any atom is 0.251 e. The largest absolute Gasteiger partial charge is 0.378 e. The van der Waals surface area contributed by atoms with Crippen LogP contribution in [0.2, 0.25) is 5.02 Å². The lowest BCUT2D eigenvalue weighted by molar-refractivity contribution is -0.138. The first kappa shape index (κ1) is 24.1. The van der Waals surface area contributed by atoms with E-state index in [4.69, 9.17) is 11.6 Å². The van der Waals surface area contributed by atoms with Crippen LogP contribution in [-0.2, 0) is 4.79 Å². The van der Waals surface area contributed by atoms with Crippen molar-refractivity contribution in [3.05, 3.63) is 101 Å². The van der Waals surface area contributed by atoms with Crippen molar-refractivity contribution in [1.82, 2.24) is 10.2 Å². The van der Waals surface area contributed by atoms with Gasteiger partial charge < -0.3 is 15.5 Å². The molecule has 2 amide bonds. The summed E-state index contributed by atoms with van der Waals surface area (Å²) in [6.07, 6.45) is 4.60. The fraction of sp³-hybridized carbons (Fsp3) is 0.355. The molecular formula is C31H32ClN3O2. The molecule has 3 aliphatic rings. The average molecular weight is 514 g/mol. The Balaban J connectivity index is 1.28. The highest BCUT2D eigenvalue weighted by molar-refractivity contribution is 6.30. The molecule has 2 heterocycles. The lowest BCUT2D eigenvalue weighted by atomic mass is 9.79. The van der Waals surface area contributed by atoms with Crippen LogP contribution in [0.4, 0.5) is 5.69 Å². The van der Waals surface area contributed by atoms with Crippen molar-refractivity contribution in [3.63, 3.8) is 0 Å².